The number of hydrogen-bond donors (Lipinski definition) is 1. The second-order valence-corrected chi connectivity index (χ2v) is 7.25. The Morgan fingerprint density at radius 2 is 2.00 bits per heavy atom. The molecule has 138 valence electrons. The largest absolute Gasteiger partial charge is 0.383 e. The minimum atomic E-state index is -0.214. The van der Waals surface area contributed by atoms with Crippen molar-refractivity contribution in [2.75, 3.05) is 33.4 Å². The van der Waals surface area contributed by atoms with Crippen LogP contribution < -0.4 is 5.32 Å². The van der Waals surface area contributed by atoms with Crippen molar-refractivity contribution in [1.29, 1.82) is 0 Å². The minimum Gasteiger partial charge on any atom is -0.383 e. The van der Waals surface area contributed by atoms with Crippen molar-refractivity contribution < 1.29 is 14.3 Å². The predicted octanol–water partition coefficient (Wildman–Crippen LogP) is 2.35. The van der Waals surface area contributed by atoms with Gasteiger partial charge in [0.25, 0.3) is 0 Å². The maximum atomic E-state index is 12.7. The standard InChI is InChI=1S/C20H30N2O3/c1-14(2)11-19(23)22-12-17(16-8-6-5-7-15(16)3)18(13-22)20(24)21-9-10-25-4/h5-8,14,17-18H,9-13H2,1-4H3,(H,21,24). The molecule has 0 bridgehead atoms. The Hall–Kier alpha value is -1.88. The zero-order valence-corrected chi connectivity index (χ0v) is 15.7. The van der Waals surface area contributed by atoms with Crippen molar-refractivity contribution in [2.24, 2.45) is 11.8 Å². The SMILES string of the molecule is COCCNC(=O)C1CN(C(=O)CC(C)C)CC1c1ccccc1C. The number of hydrogen-bond acceptors (Lipinski definition) is 3. The summed E-state index contributed by atoms with van der Waals surface area (Å²) in [5, 5.41) is 2.94. The zero-order chi connectivity index (χ0) is 18.4. The van der Waals surface area contributed by atoms with Crippen LogP contribution in [-0.4, -0.2) is 50.1 Å². The lowest BCUT2D eigenvalue weighted by Crippen LogP contribution is -2.37. The first-order chi connectivity index (χ1) is 11.9. The van der Waals surface area contributed by atoms with Gasteiger partial charge in [-0.2, -0.15) is 0 Å². The summed E-state index contributed by atoms with van der Waals surface area (Å²) < 4.78 is 5.01. The molecule has 0 aliphatic carbocycles. The molecule has 5 nitrogen and oxygen atoms in total. The summed E-state index contributed by atoms with van der Waals surface area (Å²) >= 11 is 0. The number of carbonyl (C=O) groups is 2. The highest BCUT2D eigenvalue weighted by atomic mass is 16.5. The quantitative estimate of drug-likeness (QED) is 0.771. The zero-order valence-electron chi connectivity index (χ0n) is 15.7. The number of nitrogens with one attached hydrogen (secondary N) is 1. The number of carbonyl (C=O) groups excluding carboxylic acids is 2. The maximum Gasteiger partial charge on any atom is 0.225 e. The van der Waals surface area contributed by atoms with E-state index in [1.54, 1.807) is 7.11 Å². The molecular weight excluding hydrogens is 316 g/mol. The molecule has 1 fully saturated rings. The third-order valence-corrected chi connectivity index (χ3v) is 4.79. The van der Waals surface area contributed by atoms with E-state index in [0.717, 1.165) is 5.56 Å². The second-order valence-electron chi connectivity index (χ2n) is 7.25. The van der Waals surface area contributed by atoms with Crippen LogP contribution in [0, 0.1) is 18.8 Å². The molecule has 1 saturated heterocycles. The van der Waals surface area contributed by atoms with Crippen molar-refractivity contribution in [3.05, 3.63) is 35.4 Å². The lowest BCUT2D eigenvalue weighted by atomic mass is 9.86. The highest BCUT2D eigenvalue weighted by Crippen LogP contribution is 2.35. The molecule has 2 atom stereocenters. The molecule has 0 saturated carbocycles. The summed E-state index contributed by atoms with van der Waals surface area (Å²) in [6.07, 6.45) is 0.526. The fraction of sp³-hybridized carbons (Fsp3) is 0.600. The van der Waals surface area contributed by atoms with E-state index in [-0.39, 0.29) is 23.7 Å². The normalized spacial score (nSPS) is 20.1. The first kappa shape index (κ1) is 19.4. The molecule has 1 heterocycles. The number of amides is 2. The van der Waals surface area contributed by atoms with Gasteiger partial charge in [-0.15, -0.1) is 0 Å². The average Bonchev–Trinajstić information content (AvgIpc) is 3.00. The molecule has 1 N–H and O–H groups in total. The Labute approximate surface area is 150 Å². The van der Waals surface area contributed by atoms with E-state index in [4.69, 9.17) is 4.74 Å². The van der Waals surface area contributed by atoms with Gasteiger partial charge in [0.2, 0.25) is 11.8 Å². The summed E-state index contributed by atoms with van der Waals surface area (Å²) in [6.45, 7) is 8.23. The van der Waals surface area contributed by atoms with Gasteiger partial charge < -0.3 is 15.0 Å². The van der Waals surface area contributed by atoms with Gasteiger partial charge in [-0.3, -0.25) is 9.59 Å². The van der Waals surface area contributed by atoms with E-state index in [1.165, 1.54) is 5.56 Å². The Morgan fingerprint density at radius 3 is 2.64 bits per heavy atom. The number of benzene rings is 1. The third-order valence-electron chi connectivity index (χ3n) is 4.79. The van der Waals surface area contributed by atoms with Gasteiger partial charge in [0.1, 0.15) is 0 Å². The Kier molecular flexibility index (Phi) is 7.00. The molecule has 0 aromatic heterocycles. The smallest absolute Gasteiger partial charge is 0.225 e. The van der Waals surface area contributed by atoms with E-state index in [1.807, 2.05) is 30.9 Å². The van der Waals surface area contributed by atoms with Gasteiger partial charge in [0.05, 0.1) is 12.5 Å². The molecule has 2 amide bonds. The van der Waals surface area contributed by atoms with Crippen LogP contribution in [0.2, 0.25) is 0 Å². The van der Waals surface area contributed by atoms with Gasteiger partial charge in [0.15, 0.2) is 0 Å². The van der Waals surface area contributed by atoms with E-state index < -0.39 is 0 Å². The molecule has 1 aliphatic heterocycles. The van der Waals surface area contributed by atoms with E-state index in [2.05, 4.69) is 24.4 Å². The van der Waals surface area contributed by atoms with Gasteiger partial charge in [0, 0.05) is 39.1 Å². The van der Waals surface area contributed by atoms with Crippen molar-refractivity contribution in [1.82, 2.24) is 10.2 Å². The summed E-state index contributed by atoms with van der Waals surface area (Å²) in [4.78, 5) is 27.1. The Morgan fingerprint density at radius 1 is 1.28 bits per heavy atom. The topological polar surface area (TPSA) is 58.6 Å². The second kappa shape index (κ2) is 8.99. The van der Waals surface area contributed by atoms with Gasteiger partial charge in [-0.25, -0.2) is 0 Å². The van der Waals surface area contributed by atoms with Crippen LogP contribution in [0.3, 0.4) is 0 Å². The lowest BCUT2D eigenvalue weighted by molar-refractivity contribution is -0.131. The monoisotopic (exact) mass is 346 g/mol. The summed E-state index contributed by atoms with van der Waals surface area (Å²) in [7, 11) is 1.62. The van der Waals surface area contributed by atoms with E-state index in [0.29, 0.717) is 38.6 Å². The first-order valence-electron chi connectivity index (χ1n) is 9.04. The van der Waals surface area contributed by atoms with Crippen LogP contribution in [0.15, 0.2) is 24.3 Å². The van der Waals surface area contributed by atoms with Crippen molar-refractivity contribution in [2.45, 2.75) is 33.1 Å². The number of rotatable bonds is 7. The van der Waals surface area contributed by atoms with Crippen molar-refractivity contribution in [3.8, 4) is 0 Å². The molecule has 2 unspecified atom stereocenters. The van der Waals surface area contributed by atoms with Crippen LogP contribution in [0.1, 0.15) is 37.3 Å². The average molecular weight is 346 g/mol. The van der Waals surface area contributed by atoms with E-state index >= 15 is 0 Å². The fourth-order valence-electron chi connectivity index (χ4n) is 3.48. The fourth-order valence-corrected chi connectivity index (χ4v) is 3.48. The molecule has 1 aromatic carbocycles. The first-order valence-corrected chi connectivity index (χ1v) is 9.04. The van der Waals surface area contributed by atoms with Crippen LogP contribution in [0.4, 0.5) is 0 Å². The highest BCUT2D eigenvalue weighted by Gasteiger charge is 2.40. The minimum absolute atomic E-state index is 0.00477. The summed E-state index contributed by atoms with van der Waals surface area (Å²) in [5.74, 6) is 0.291. The summed E-state index contributed by atoms with van der Waals surface area (Å²) in [5.41, 5.74) is 2.33. The van der Waals surface area contributed by atoms with Crippen LogP contribution >= 0.6 is 0 Å². The molecule has 25 heavy (non-hydrogen) atoms. The third kappa shape index (κ3) is 5.05. The molecular formula is C20H30N2O3. The van der Waals surface area contributed by atoms with E-state index in [9.17, 15) is 9.59 Å². The van der Waals surface area contributed by atoms with Gasteiger partial charge >= 0.3 is 0 Å². The predicted molar refractivity (Wildman–Crippen MR) is 98.3 cm³/mol. The van der Waals surface area contributed by atoms with Gasteiger partial charge in [-0.05, 0) is 24.0 Å². The molecule has 1 aliphatic rings. The van der Waals surface area contributed by atoms with Gasteiger partial charge in [-0.1, -0.05) is 38.1 Å². The molecule has 5 heteroatoms. The number of ether oxygens (including phenoxy) is 1. The van der Waals surface area contributed by atoms with Crippen molar-refractivity contribution in [3.63, 3.8) is 0 Å². The van der Waals surface area contributed by atoms with Crippen molar-refractivity contribution >= 4 is 11.8 Å². The number of likely N-dealkylation sites (tertiary alicyclic amines) is 1. The van der Waals surface area contributed by atoms with Crippen LogP contribution in [0.25, 0.3) is 0 Å². The number of nitrogens with zero attached hydrogens (tertiary/aromatic N) is 1. The Bertz CT molecular complexity index is 600. The molecule has 1 aromatic rings. The maximum absolute atomic E-state index is 12.7. The number of methoxy groups -OCH3 is 1. The summed E-state index contributed by atoms with van der Waals surface area (Å²) in [6, 6.07) is 8.14. The molecule has 0 radical (unpaired) electrons. The Balaban J connectivity index is 2.18. The van der Waals surface area contributed by atoms with Crippen LogP contribution in [-0.2, 0) is 14.3 Å². The molecule has 0 spiro atoms. The highest BCUT2D eigenvalue weighted by molar-refractivity contribution is 5.83. The molecule has 2 rings (SSSR count). The number of aryl methyl sites for hydroxylation is 1. The van der Waals surface area contributed by atoms with Crippen LogP contribution in [0.5, 0.6) is 0 Å². The lowest BCUT2D eigenvalue weighted by Gasteiger charge is -2.20.